The third-order valence-corrected chi connectivity index (χ3v) is 6.52. The number of unbranched alkanes of at least 4 members (excludes halogenated alkanes) is 15. The van der Waals surface area contributed by atoms with Crippen molar-refractivity contribution in [3.63, 3.8) is 0 Å². The quantitative estimate of drug-likeness (QED) is 0.0852. The lowest BCUT2D eigenvalue weighted by Crippen LogP contribution is -2.14. The number of allylic oxidation sites excluding steroid dienone is 1. The van der Waals surface area contributed by atoms with Crippen molar-refractivity contribution in [2.24, 2.45) is 0 Å². The fourth-order valence-corrected chi connectivity index (χ4v) is 4.31. The molecule has 0 aromatic heterocycles. The smallest absolute Gasteiger partial charge is 0.339 e. The van der Waals surface area contributed by atoms with Crippen LogP contribution in [0.1, 0.15) is 150 Å². The van der Waals surface area contributed by atoms with Gasteiger partial charge in [-0.25, -0.2) is 9.59 Å². The summed E-state index contributed by atoms with van der Waals surface area (Å²) in [4.78, 5) is 24.9. The summed E-state index contributed by atoms with van der Waals surface area (Å²) in [5.41, 5.74) is 0.553. The van der Waals surface area contributed by atoms with Gasteiger partial charge < -0.3 is 9.47 Å². The zero-order chi connectivity index (χ0) is 26.1. The van der Waals surface area contributed by atoms with Crippen LogP contribution in [0.4, 0.5) is 0 Å². The van der Waals surface area contributed by atoms with Crippen LogP contribution >= 0.6 is 0 Å². The highest BCUT2D eigenvalue weighted by Crippen LogP contribution is 2.15. The molecule has 0 aliphatic carbocycles. The van der Waals surface area contributed by atoms with Crippen LogP contribution in [0.25, 0.3) is 0 Å². The second-order valence-electron chi connectivity index (χ2n) is 9.79. The summed E-state index contributed by atoms with van der Waals surface area (Å²) in [7, 11) is 0. The first kappa shape index (κ1) is 31.9. The predicted octanol–water partition coefficient (Wildman–Crippen LogP) is 9.62. The van der Waals surface area contributed by atoms with Crippen molar-refractivity contribution < 1.29 is 19.1 Å². The largest absolute Gasteiger partial charge is 0.462 e. The number of esters is 2. The number of hydrogen-bond donors (Lipinski definition) is 0. The maximum absolute atomic E-state index is 12.5. The van der Waals surface area contributed by atoms with Gasteiger partial charge in [-0.15, -0.1) is 0 Å². The van der Waals surface area contributed by atoms with Crippen LogP contribution in [0, 0.1) is 0 Å². The first-order chi connectivity index (χ1) is 17.7. The summed E-state index contributed by atoms with van der Waals surface area (Å²) in [5.74, 6) is -0.927. The Kier molecular flexibility index (Phi) is 20.7. The molecule has 204 valence electrons. The van der Waals surface area contributed by atoms with Gasteiger partial charge in [0.15, 0.2) is 0 Å². The van der Waals surface area contributed by atoms with Crippen LogP contribution in [0.2, 0.25) is 0 Å². The highest BCUT2D eigenvalue weighted by molar-refractivity contribution is 6.03. The van der Waals surface area contributed by atoms with Crippen molar-refractivity contribution in [1.82, 2.24) is 0 Å². The predicted molar refractivity (Wildman–Crippen MR) is 151 cm³/mol. The monoisotopic (exact) mass is 500 g/mol. The van der Waals surface area contributed by atoms with Gasteiger partial charge in [-0.1, -0.05) is 134 Å². The average molecular weight is 501 g/mol. The van der Waals surface area contributed by atoms with Gasteiger partial charge in [0, 0.05) is 0 Å². The molecule has 4 nitrogen and oxygen atoms in total. The van der Waals surface area contributed by atoms with Crippen LogP contribution in [-0.2, 0) is 9.47 Å². The minimum atomic E-state index is -0.477. The Balaban J connectivity index is 2.05. The van der Waals surface area contributed by atoms with Crippen LogP contribution < -0.4 is 0 Å². The molecule has 1 rings (SSSR count). The van der Waals surface area contributed by atoms with Gasteiger partial charge in [0.2, 0.25) is 0 Å². The molecule has 0 unspecified atom stereocenters. The number of hydrogen-bond acceptors (Lipinski definition) is 4. The minimum absolute atomic E-state index is 0.272. The summed E-state index contributed by atoms with van der Waals surface area (Å²) in [5, 5.41) is 0. The molecular formula is C32H52O4. The van der Waals surface area contributed by atoms with E-state index in [4.69, 9.17) is 9.47 Å². The lowest BCUT2D eigenvalue weighted by atomic mass is 10.0. The van der Waals surface area contributed by atoms with Crippen LogP contribution in [0.5, 0.6) is 0 Å². The lowest BCUT2D eigenvalue weighted by Gasteiger charge is -2.09. The minimum Gasteiger partial charge on any atom is -0.462 e. The second-order valence-corrected chi connectivity index (χ2v) is 9.79. The van der Waals surface area contributed by atoms with E-state index < -0.39 is 11.9 Å². The summed E-state index contributed by atoms with van der Waals surface area (Å²) in [6.07, 6.45) is 26.7. The Hall–Kier alpha value is -2.10. The number of carbonyl (C=O) groups is 2. The Morgan fingerprint density at radius 3 is 1.44 bits per heavy atom. The zero-order valence-electron chi connectivity index (χ0n) is 23.2. The van der Waals surface area contributed by atoms with E-state index in [1.54, 1.807) is 24.3 Å². The summed E-state index contributed by atoms with van der Waals surface area (Å²) in [6.45, 7) is 5.03. The number of benzene rings is 1. The van der Waals surface area contributed by atoms with E-state index in [1.165, 1.54) is 89.9 Å². The molecule has 1 aromatic rings. The van der Waals surface area contributed by atoms with Gasteiger partial charge in [-0.2, -0.15) is 0 Å². The molecule has 0 fully saturated rings. The molecule has 0 aliphatic rings. The Morgan fingerprint density at radius 2 is 1.00 bits per heavy atom. The lowest BCUT2D eigenvalue weighted by molar-refractivity contribution is 0.0457. The summed E-state index contributed by atoms with van der Waals surface area (Å²) in [6, 6.07) is 6.73. The van der Waals surface area contributed by atoms with E-state index in [9.17, 15) is 9.59 Å². The van der Waals surface area contributed by atoms with Crippen LogP contribution in [0.15, 0.2) is 36.4 Å². The highest BCUT2D eigenvalue weighted by atomic mass is 16.5. The Bertz CT molecular complexity index is 710. The van der Waals surface area contributed by atoms with Gasteiger partial charge in [0.1, 0.15) is 0 Å². The summed E-state index contributed by atoms with van der Waals surface area (Å²) >= 11 is 0. The Labute approximate surface area is 221 Å². The summed E-state index contributed by atoms with van der Waals surface area (Å²) < 4.78 is 10.7. The van der Waals surface area contributed by atoms with E-state index in [0.29, 0.717) is 19.6 Å². The van der Waals surface area contributed by atoms with E-state index in [1.807, 2.05) is 12.2 Å². The maximum Gasteiger partial charge on any atom is 0.339 e. The molecule has 0 atom stereocenters. The molecule has 0 radical (unpaired) electrons. The van der Waals surface area contributed by atoms with Crippen LogP contribution in [-0.4, -0.2) is 25.2 Å². The van der Waals surface area contributed by atoms with E-state index in [2.05, 4.69) is 13.8 Å². The number of rotatable bonds is 23. The molecule has 4 heteroatoms. The van der Waals surface area contributed by atoms with Crippen molar-refractivity contribution in [3.8, 4) is 0 Å². The van der Waals surface area contributed by atoms with E-state index in [-0.39, 0.29) is 11.1 Å². The van der Waals surface area contributed by atoms with Crippen LogP contribution in [0.3, 0.4) is 0 Å². The van der Waals surface area contributed by atoms with Gasteiger partial charge in [0.05, 0.1) is 24.3 Å². The highest BCUT2D eigenvalue weighted by Gasteiger charge is 2.18. The van der Waals surface area contributed by atoms with Gasteiger partial charge >= 0.3 is 11.9 Å². The molecule has 0 saturated heterocycles. The van der Waals surface area contributed by atoms with E-state index in [0.717, 1.165) is 19.3 Å². The van der Waals surface area contributed by atoms with Gasteiger partial charge in [0.25, 0.3) is 0 Å². The standard InChI is InChI=1S/C32H52O4/c1-3-5-7-9-10-11-12-13-14-15-16-17-18-19-20-24-28-36-32(34)30-26-22-21-25-29(30)31(33)35-27-23-8-6-4-2/h6,8,21-22,25-26H,3-5,7,9-20,23-24,27-28H2,1-2H3/b8-6-. The third kappa shape index (κ3) is 16.5. The van der Waals surface area contributed by atoms with Crippen molar-refractivity contribution in [3.05, 3.63) is 47.5 Å². The zero-order valence-corrected chi connectivity index (χ0v) is 23.2. The van der Waals surface area contributed by atoms with Crippen molar-refractivity contribution in [2.75, 3.05) is 13.2 Å². The fourth-order valence-electron chi connectivity index (χ4n) is 4.31. The first-order valence-corrected chi connectivity index (χ1v) is 14.8. The van der Waals surface area contributed by atoms with Crippen molar-refractivity contribution in [1.29, 1.82) is 0 Å². The first-order valence-electron chi connectivity index (χ1n) is 14.8. The topological polar surface area (TPSA) is 52.6 Å². The fraction of sp³-hybridized carbons (Fsp3) is 0.688. The van der Waals surface area contributed by atoms with Gasteiger partial charge in [-0.3, -0.25) is 0 Å². The number of ether oxygens (including phenoxy) is 2. The van der Waals surface area contributed by atoms with Crippen molar-refractivity contribution >= 4 is 11.9 Å². The van der Waals surface area contributed by atoms with E-state index >= 15 is 0 Å². The molecule has 0 aliphatic heterocycles. The third-order valence-electron chi connectivity index (χ3n) is 6.52. The SMILES string of the molecule is CC/C=C\CCOC(=O)c1ccccc1C(=O)OCCCCCCCCCCCCCCCCCC. The molecule has 0 heterocycles. The molecule has 0 amide bonds. The number of carbonyl (C=O) groups excluding carboxylic acids is 2. The average Bonchev–Trinajstić information content (AvgIpc) is 2.90. The molecule has 0 N–H and O–H groups in total. The Morgan fingerprint density at radius 1 is 0.583 bits per heavy atom. The molecule has 1 aromatic carbocycles. The molecule has 0 spiro atoms. The normalized spacial score (nSPS) is 11.2. The van der Waals surface area contributed by atoms with Crippen molar-refractivity contribution in [2.45, 2.75) is 129 Å². The molecule has 0 bridgehead atoms. The second kappa shape index (κ2) is 23.3. The molecule has 36 heavy (non-hydrogen) atoms. The molecular weight excluding hydrogens is 448 g/mol. The maximum atomic E-state index is 12.5. The van der Waals surface area contributed by atoms with Gasteiger partial charge in [-0.05, 0) is 31.4 Å². The molecule has 0 saturated carbocycles.